The molecule has 106 valence electrons. The fraction of sp³-hybridized carbons (Fsp3) is 0.462. The van der Waals surface area contributed by atoms with Gasteiger partial charge in [-0.2, -0.15) is 0 Å². The van der Waals surface area contributed by atoms with Crippen LogP contribution in [0.1, 0.15) is 37.0 Å². The van der Waals surface area contributed by atoms with E-state index >= 15 is 0 Å². The number of nitrogens with one attached hydrogen (secondary N) is 1. The number of benzene rings is 1. The van der Waals surface area contributed by atoms with Crippen LogP contribution >= 0.6 is 0 Å². The zero-order chi connectivity index (χ0) is 14.6. The van der Waals surface area contributed by atoms with Gasteiger partial charge in [-0.3, -0.25) is 10.6 Å². The molecule has 0 spiro atoms. The molecular weight excluding hydrogens is 252 g/mol. The molecule has 1 atom stereocenters. The van der Waals surface area contributed by atoms with Gasteiger partial charge in [-0.1, -0.05) is 13.3 Å². The van der Waals surface area contributed by atoms with Crippen LogP contribution in [0.15, 0.2) is 12.1 Å². The van der Waals surface area contributed by atoms with Gasteiger partial charge in [0, 0.05) is 18.7 Å². The van der Waals surface area contributed by atoms with Crippen molar-refractivity contribution in [3.05, 3.63) is 29.3 Å². The number of anilines is 1. The van der Waals surface area contributed by atoms with Gasteiger partial charge in [-0.25, -0.2) is 8.78 Å². The van der Waals surface area contributed by atoms with E-state index in [1.54, 1.807) is 7.05 Å². The van der Waals surface area contributed by atoms with Crippen LogP contribution in [0.4, 0.5) is 14.5 Å². The molecule has 0 radical (unpaired) electrons. The van der Waals surface area contributed by atoms with Crippen LogP contribution in [0.2, 0.25) is 0 Å². The van der Waals surface area contributed by atoms with E-state index < -0.39 is 23.2 Å². The maximum absolute atomic E-state index is 13.5. The summed E-state index contributed by atoms with van der Waals surface area (Å²) in [5, 5.41) is 0. The Morgan fingerprint density at radius 1 is 1.42 bits per heavy atom. The summed E-state index contributed by atoms with van der Waals surface area (Å²) in [7, 11) is 1.62. The van der Waals surface area contributed by atoms with Gasteiger partial charge in [0.15, 0.2) is 11.6 Å². The Kier molecular flexibility index (Phi) is 5.23. The molecular formula is C13H19F2N3O. The predicted molar refractivity (Wildman–Crippen MR) is 70.6 cm³/mol. The average Bonchev–Trinajstić information content (AvgIpc) is 2.36. The lowest BCUT2D eigenvalue weighted by atomic mass is 10.1. The van der Waals surface area contributed by atoms with Crippen molar-refractivity contribution in [2.24, 2.45) is 5.84 Å². The van der Waals surface area contributed by atoms with E-state index in [-0.39, 0.29) is 11.6 Å². The summed E-state index contributed by atoms with van der Waals surface area (Å²) in [6.07, 6.45) is 1.76. The molecule has 4 nitrogen and oxygen atoms in total. The highest BCUT2D eigenvalue weighted by Crippen LogP contribution is 2.21. The first-order valence-corrected chi connectivity index (χ1v) is 6.15. The van der Waals surface area contributed by atoms with Crippen LogP contribution in [0.5, 0.6) is 0 Å². The van der Waals surface area contributed by atoms with Crippen molar-refractivity contribution in [1.29, 1.82) is 0 Å². The maximum Gasteiger partial charge on any atom is 0.254 e. The zero-order valence-electron chi connectivity index (χ0n) is 11.3. The van der Waals surface area contributed by atoms with Crippen LogP contribution in [0, 0.1) is 11.6 Å². The number of hydrogen-bond donors (Lipinski definition) is 2. The number of hydrogen-bond acceptors (Lipinski definition) is 3. The predicted octanol–water partition coefficient (Wildman–Crippen LogP) is 2.51. The molecule has 6 heteroatoms. The minimum atomic E-state index is -0.887. The highest BCUT2D eigenvalue weighted by atomic mass is 19.1. The Balaban J connectivity index is 3.00. The van der Waals surface area contributed by atoms with Gasteiger partial charge in [0.05, 0.1) is 0 Å². The van der Waals surface area contributed by atoms with Crippen molar-refractivity contribution >= 4 is 11.6 Å². The van der Waals surface area contributed by atoms with E-state index in [2.05, 4.69) is 0 Å². The largest absolute Gasteiger partial charge is 0.339 e. The number of carbonyl (C=O) groups excluding carboxylic acids is 1. The van der Waals surface area contributed by atoms with Crippen molar-refractivity contribution in [3.63, 3.8) is 0 Å². The van der Waals surface area contributed by atoms with Crippen molar-refractivity contribution < 1.29 is 13.6 Å². The van der Waals surface area contributed by atoms with Crippen LogP contribution in [-0.2, 0) is 0 Å². The van der Waals surface area contributed by atoms with Gasteiger partial charge in [0.1, 0.15) is 5.69 Å². The molecule has 1 amide bonds. The van der Waals surface area contributed by atoms with Gasteiger partial charge >= 0.3 is 0 Å². The molecule has 0 saturated heterocycles. The van der Waals surface area contributed by atoms with Crippen molar-refractivity contribution in [2.45, 2.75) is 32.7 Å². The fourth-order valence-electron chi connectivity index (χ4n) is 1.85. The minimum absolute atomic E-state index is 0.0101. The Labute approximate surface area is 111 Å². The molecule has 1 unspecified atom stereocenters. The molecule has 0 aliphatic heterocycles. The second kappa shape index (κ2) is 6.47. The monoisotopic (exact) mass is 271 g/mol. The number of nitrogens with two attached hydrogens (primary N) is 1. The third-order valence-corrected chi connectivity index (χ3v) is 3.12. The van der Waals surface area contributed by atoms with Crippen molar-refractivity contribution in [1.82, 2.24) is 4.90 Å². The van der Waals surface area contributed by atoms with Gasteiger partial charge < -0.3 is 10.3 Å². The normalized spacial score (nSPS) is 12.1. The van der Waals surface area contributed by atoms with E-state index in [0.717, 1.165) is 25.0 Å². The van der Waals surface area contributed by atoms with Crippen molar-refractivity contribution in [3.8, 4) is 0 Å². The Morgan fingerprint density at radius 3 is 2.37 bits per heavy atom. The van der Waals surface area contributed by atoms with E-state index in [1.165, 1.54) is 4.90 Å². The number of hydrazine groups is 1. The number of rotatable bonds is 5. The smallest absolute Gasteiger partial charge is 0.254 e. The third-order valence-electron chi connectivity index (χ3n) is 3.12. The van der Waals surface area contributed by atoms with Gasteiger partial charge in [0.2, 0.25) is 0 Å². The molecule has 1 aromatic carbocycles. The van der Waals surface area contributed by atoms with Crippen molar-refractivity contribution in [2.75, 3.05) is 12.5 Å². The second-order valence-corrected chi connectivity index (χ2v) is 4.51. The van der Waals surface area contributed by atoms with Gasteiger partial charge in [-0.15, -0.1) is 0 Å². The summed E-state index contributed by atoms with van der Waals surface area (Å²) in [6, 6.07) is 1.97. The fourth-order valence-corrected chi connectivity index (χ4v) is 1.85. The van der Waals surface area contributed by atoms with E-state index in [1.807, 2.05) is 19.3 Å². The molecule has 19 heavy (non-hydrogen) atoms. The number of nitrogens with zero attached hydrogens (tertiary/aromatic N) is 1. The van der Waals surface area contributed by atoms with Gasteiger partial charge in [0.25, 0.3) is 5.91 Å². The SMILES string of the molecule is CCCC(C)N(C)C(=O)c1cc(F)c(NN)c(F)c1. The van der Waals surface area contributed by atoms with E-state index in [0.29, 0.717) is 0 Å². The van der Waals surface area contributed by atoms with Crippen LogP contribution < -0.4 is 11.3 Å². The molecule has 0 heterocycles. The van der Waals surface area contributed by atoms with E-state index in [4.69, 9.17) is 5.84 Å². The molecule has 0 aromatic heterocycles. The standard InChI is InChI=1S/C13H19F2N3O/c1-4-5-8(2)18(3)13(19)9-6-10(14)12(17-16)11(15)7-9/h6-8,17H,4-5,16H2,1-3H3. The molecule has 0 saturated carbocycles. The third kappa shape index (κ3) is 3.41. The molecule has 0 fully saturated rings. The van der Waals surface area contributed by atoms with Crippen LogP contribution in [0.3, 0.4) is 0 Å². The van der Waals surface area contributed by atoms with Gasteiger partial charge in [-0.05, 0) is 25.5 Å². The first kappa shape index (κ1) is 15.4. The summed E-state index contributed by atoms with van der Waals surface area (Å²) < 4.78 is 27.1. The lowest BCUT2D eigenvalue weighted by Crippen LogP contribution is -2.35. The summed E-state index contributed by atoms with van der Waals surface area (Å²) in [5.41, 5.74) is 1.46. The first-order valence-electron chi connectivity index (χ1n) is 6.15. The minimum Gasteiger partial charge on any atom is -0.339 e. The van der Waals surface area contributed by atoms with Crippen LogP contribution in [0.25, 0.3) is 0 Å². The molecule has 0 aliphatic rings. The number of carbonyl (C=O) groups is 1. The lowest BCUT2D eigenvalue weighted by Gasteiger charge is -2.25. The average molecular weight is 271 g/mol. The lowest BCUT2D eigenvalue weighted by molar-refractivity contribution is 0.0736. The molecule has 3 N–H and O–H groups in total. The molecule has 0 aliphatic carbocycles. The van der Waals surface area contributed by atoms with Crippen LogP contribution in [-0.4, -0.2) is 23.9 Å². The molecule has 0 bridgehead atoms. The highest BCUT2D eigenvalue weighted by molar-refractivity contribution is 5.94. The first-order chi connectivity index (χ1) is 8.92. The highest BCUT2D eigenvalue weighted by Gasteiger charge is 2.20. The Hall–Kier alpha value is -1.69. The summed E-state index contributed by atoms with van der Waals surface area (Å²) in [6.45, 7) is 3.90. The molecule has 1 rings (SSSR count). The summed E-state index contributed by atoms with van der Waals surface area (Å²) in [4.78, 5) is 13.6. The Morgan fingerprint density at radius 2 is 1.95 bits per heavy atom. The second-order valence-electron chi connectivity index (χ2n) is 4.51. The summed E-state index contributed by atoms with van der Waals surface area (Å²) in [5.74, 6) is 2.81. The number of nitrogen functional groups attached to an aromatic ring is 1. The molecule has 1 aromatic rings. The number of amides is 1. The number of halogens is 2. The van der Waals surface area contributed by atoms with E-state index in [9.17, 15) is 13.6 Å². The summed E-state index contributed by atoms with van der Waals surface area (Å²) >= 11 is 0. The Bertz CT molecular complexity index is 442. The topological polar surface area (TPSA) is 58.4 Å². The quantitative estimate of drug-likeness (QED) is 0.639. The zero-order valence-corrected chi connectivity index (χ0v) is 11.3. The maximum atomic E-state index is 13.5.